The Kier molecular flexibility index (Phi) is 5.19. The molecule has 1 fully saturated rings. The predicted molar refractivity (Wildman–Crippen MR) is 54.8 cm³/mol. The summed E-state index contributed by atoms with van der Waals surface area (Å²) in [5.41, 5.74) is 0. The zero-order chi connectivity index (χ0) is 8.81. The maximum Gasteiger partial charge on any atom is 0.0589 e. The summed E-state index contributed by atoms with van der Waals surface area (Å²) < 4.78 is 5.05. The van der Waals surface area contributed by atoms with E-state index in [4.69, 9.17) is 4.74 Å². The Balaban J connectivity index is 2.08. The largest absolute Gasteiger partial charge is 0.383 e. The van der Waals surface area contributed by atoms with Gasteiger partial charge in [-0.05, 0) is 25.3 Å². The lowest BCUT2D eigenvalue weighted by atomic mass is 10.1. The minimum Gasteiger partial charge on any atom is -0.383 e. The molecule has 1 rings (SSSR count). The van der Waals surface area contributed by atoms with E-state index in [0.717, 1.165) is 24.4 Å². The predicted octanol–water partition coefficient (Wildman–Crippen LogP) is 1.74. The summed E-state index contributed by atoms with van der Waals surface area (Å²) in [5.74, 6) is 0.918. The lowest BCUT2D eigenvalue weighted by Crippen LogP contribution is -2.24. The summed E-state index contributed by atoms with van der Waals surface area (Å²) in [6.45, 7) is 4.52. The molecule has 0 bridgehead atoms. The number of hydrogen-bond acceptors (Lipinski definition) is 2. The highest BCUT2D eigenvalue weighted by molar-refractivity contribution is 9.09. The molecule has 1 heterocycles. The van der Waals surface area contributed by atoms with Gasteiger partial charge in [-0.15, -0.1) is 0 Å². The van der Waals surface area contributed by atoms with Crippen LogP contribution in [0.5, 0.6) is 0 Å². The molecule has 0 spiro atoms. The number of likely N-dealkylation sites (tertiary alicyclic amines) is 1. The van der Waals surface area contributed by atoms with Crippen LogP contribution in [-0.2, 0) is 4.74 Å². The van der Waals surface area contributed by atoms with Crippen LogP contribution in [-0.4, -0.2) is 43.6 Å². The molecule has 1 aliphatic heterocycles. The zero-order valence-electron chi connectivity index (χ0n) is 7.76. The first kappa shape index (κ1) is 10.5. The lowest BCUT2D eigenvalue weighted by Gasteiger charge is -2.14. The van der Waals surface area contributed by atoms with Crippen molar-refractivity contribution in [3.63, 3.8) is 0 Å². The van der Waals surface area contributed by atoms with Gasteiger partial charge in [-0.1, -0.05) is 15.9 Å². The van der Waals surface area contributed by atoms with Gasteiger partial charge in [0.25, 0.3) is 0 Å². The third-order valence-electron chi connectivity index (χ3n) is 2.50. The highest BCUT2D eigenvalue weighted by Crippen LogP contribution is 2.19. The van der Waals surface area contributed by atoms with Crippen LogP contribution < -0.4 is 0 Å². The van der Waals surface area contributed by atoms with E-state index >= 15 is 0 Å². The fourth-order valence-corrected chi connectivity index (χ4v) is 2.37. The second kappa shape index (κ2) is 5.95. The van der Waals surface area contributed by atoms with E-state index in [1.54, 1.807) is 7.11 Å². The second-order valence-electron chi connectivity index (χ2n) is 3.43. The van der Waals surface area contributed by atoms with Crippen molar-refractivity contribution in [2.75, 3.05) is 38.7 Å². The minimum atomic E-state index is 0.876. The first-order chi connectivity index (χ1) is 5.86. The van der Waals surface area contributed by atoms with Crippen molar-refractivity contribution in [1.29, 1.82) is 0 Å². The number of alkyl halides is 1. The Morgan fingerprint density at radius 1 is 1.58 bits per heavy atom. The molecular formula is C9H18BrNO. The average Bonchev–Trinajstić information content (AvgIpc) is 2.50. The highest BCUT2D eigenvalue weighted by atomic mass is 79.9. The van der Waals surface area contributed by atoms with Crippen LogP contribution >= 0.6 is 15.9 Å². The van der Waals surface area contributed by atoms with Gasteiger partial charge >= 0.3 is 0 Å². The summed E-state index contributed by atoms with van der Waals surface area (Å²) in [4.78, 5) is 2.50. The zero-order valence-corrected chi connectivity index (χ0v) is 9.35. The summed E-state index contributed by atoms with van der Waals surface area (Å²) in [6, 6.07) is 0. The second-order valence-corrected chi connectivity index (χ2v) is 4.22. The quantitative estimate of drug-likeness (QED) is 0.674. The Hall–Kier alpha value is 0.400. The molecule has 0 amide bonds. The Morgan fingerprint density at radius 3 is 3.08 bits per heavy atom. The van der Waals surface area contributed by atoms with E-state index in [9.17, 15) is 0 Å². The fourth-order valence-electron chi connectivity index (χ4n) is 1.73. The maximum atomic E-state index is 5.05. The van der Waals surface area contributed by atoms with Gasteiger partial charge in [0, 0.05) is 25.5 Å². The lowest BCUT2D eigenvalue weighted by molar-refractivity contribution is 0.159. The molecule has 12 heavy (non-hydrogen) atoms. The smallest absolute Gasteiger partial charge is 0.0589 e. The van der Waals surface area contributed by atoms with Crippen molar-refractivity contribution >= 4 is 15.9 Å². The minimum absolute atomic E-state index is 0.876. The summed E-state index contributed by atoms with van der Waals surface area (Å²) >= 11 is 3.49. The Bertz CT molecular complexity index is 121. The number of hydrogen-bond donors (Lipinski definition) is 0. The highest BCUT2D eigenvalue weighted by Gasteiger charge is 2.20. The van der Waals surface area contributed by atoms with Gasteiger partial charge in [-0.25, -0.2) is 0 Å². The van der Waals surface area contributed by atoms with Crippen LogP contribution in [0.4, 0.5) is 0 Å². The van der Waals surface area contributed by atoms with Gasteiger partial charge in [-0.3, -0.25) is 0 Å². The number of methoxy groups -OCH3 is 1. The van der Waals surface area contributed by atoms with E-state index < -0.39 is 0 Å². The molecular weight excluding hydrogens is 218 g/mol. The average molecular weight is 236 g/mol. The summed E-state index contributed by atoms with van der Waals surface area (Å²) in [5, 5.41) is 1.15. The van der Waals surface area contributed by atoms with Crippen molar-refractivity contribution < 1.29 is 4.74 Å². The van der Waals surface area contributed by atoms with Crippen LogP contribution in [0.3, 0.4) is 0 Å². The summed E-state index contributed by atoms with van der Waals surface area (Å²) in [6.07, 6.45) is 2.69. The van der Waals surface area contributed by atoms with Gasteiger partial charge in [-0.2, -0.15) is 0 Å². The Labute approximate surface area is 83.4 Å². The van der Waals surface area contributed by atoms with E-state index in [0.29, 0.717) is 0 Å². The van der Waals surface area contributed by atoms with Crippen LogP contribution in [0, 0.1) is 5.92 Å². The normalized spacial score (nSPS) is 25.0. The molecule has 1 aliphatic rings. The maximum absolute atomic E-state index is 5.05. The summed E-state index contributed by atoms with van der Waals surface area (Å²) in [7, 11) is 1.77. The molecule has 1 unspecified atom stereocenters. The molecule has 2 nitrogen and oxygen atoms in total. The molecule has 0 saturated carbocycles. The third-order valence-corrected chi connectivity index (χ3v) is 2.96. The topological polar surface area (TPSA) is 12.5 Å². The standard InChI is InChI=1S/C9H18BrNO/c1-12-7-6-11-5-3-9(8-11)2-4-10/h9H,2-8H2,1H3. The van der Waals surface area contributed by atoms with E-state index in [2.05, 4.69) is 20.8 Å². The van der Waals surface area contributed by atoms with Crippen molar-refractivity contribution in [3.8, 4) is 0 Å². The van der Waals surface area contributed by atoms with Gasteiger partial charge < -0.3 is 9.64 Å². The first-order valence-corrected chi connectivity index (χ1v) is 5.76. The van der Waals surface area contributed by atoms with E-state index in [1.165, 1.54) is 25.9 Å². The van der Waals surface area contributed by atoms with E-state index in [1.807, 2.05) is 0 Å². The molecule has 0 aromatic rings. The van der Waals surface area contributed by atoms with Gasteiger partial charge in [0.05, 0.1) is 6.61 Å². The number of ether oxygens (including phenoxy) is 1. The molecule has 3 heteroatoms. The Morgan fingerprint density at radius 2 is 2.42 bits per heavy atom. The first-order valence-electron chi connectivity index (χ1n) is 4.64. The van der Waals surface area contributed by atoms with Crippen molar-refractivity contribution in [1.82, 2.24) is 4.90 Å². The van der Waals surface area contributed by atoms with Crippen molar-refractivity contribution in [2.24, 2.45) is 5.92 Å². The SMILES string of the molecule is COCCN1CCC(CCBr)C1. The number of rotatable bonds is 5. The monoisotopic (exact) mass is 235 g/mol. The molecule has 0 aromatic heterocycles. The van der Waals surface area contributed by atoms with Crippen LogP contribution in [0.1, 0.15) is 12.8 Å². The van der Waals surface area contributed by atoms with E-state index in [-0.39, 0.29) is 0 Å². The molecule has 72 valence electrons. The number of halogens is 1. The van der Waals surface area contributed by atoms with Crippen LogP contribution in [0.25, 0.3) is 0 Å². The fraction of sp³-hybridized carbons (Fsp3) is 1.00. The van der Waals surface area contributed by atoms with Gasteiger partial charge in [0.15, 0.2) is 0 Å². The number of nitrogens with zero attached hydrogens (tertiary/aromatic N) is 1. The molecule has 0 N–H and O–H groups in total. The molecule has 1 saturated heterocycles. The van der Waals surface area contributed by atoms with Crippen molar-refractivity contribution in [2.45, 2.75) is 12.8 Å². The molecule has 0 radical (unpaired) electrons. The third kappa shape index (κ3) is 3.42. The van der Waals surface area contributed by atoms with Crippen molar-refractivity contribution in [3.05, 3.63) is 0 Å². The van der Waals surface area contributed by atoms with Gasteiger partial charge in [0.2, 0.25) is 0 Å². The van der Waals surface area contributed by atoms with Gasteiger partial charge in [0.1, 0.15) is 0 Å². The molecule has 0 aliphatic carbocycles. The van der Waals surface area contributed by atoms with Crippen LogP contribution in [0.15, 0.2) is 0 Å². The molecule has 1 atom stereocenters. The molecule has 0 aromatic carbocycles. The van der Waals surface area contributed by atoms with Crippen LogP contribution in [0.2, 0.25) is 0 Å².